The van der Waals surface area contributed by atoms with E-state index in [0.717, 1.165) is 30.5 Å². The number of hydrogen-bond acceptors (Lipinski definition) is 4. The van der Waals surface area contributed by atoms with Gasteiger partial charge in [0.15, 0.2) is 0 Å². The van der Waals surface area contributed by atoms with E-state index in [4.69, 9.17) is 14.2 Å². The second-order valence-electron chi connectivity index (χ2n) is 10.9. The molecule has 0 fully saturated rings. The van der Waals surface area contributed by atoms with Crippen LogP contribution in [0.3, 0.4) is 0 Å². The highest BCUT2D eigenvalue weighted by Gasteiger charge is 2.14. The summed E-state index contributed by atoms with van der Waals surface area (Å²) in [5, 5.41) is 2.82. The van der Waals surface area contributed by atoms with Crippen molar-refractivity contribution in [3.8, 4) is 0 Å². The Labute approximate surface area is 212 Å². The van der Waals surface area contributed by atoms with Crippen LogP contribution in [0, 0.1) is 0 Å². The molecule has 0 aliphatic heterocycles. The van der Waals surface area contributed by atoms with Gasteiger partial charge in [-0.1, -0.05) is 84.0 Å². The number of rotatable bonds is 24. The van der Waals surface area contributed by atoms with Gasteiger partial charge in [0, 0.05) is 20.3 Å². The summed E-state index contributed by atoms with van der Waals surface area (Å²) in [5.41, 5.74) is 0. The Kier molecular flexibility index (Phi) is 22.0. The number of amides is 1. The molecule has 0 bridgehead atoms. The molecule has 1 N–H and O–H groups in total. The fourth-order valence-electron chi connectivity index (χ4n) is 4.00. The average molecular weight is 488 g/mol. The van der Waals surface area contributed by atoms with Crippen LogP contribution in [-0.2, 0) is 14.2 Å². The van der Waals surface area contributed by atoms with Gasteiger partial charge in [-0.2, -0.15) is 0 Å². The minimum absolute atomic E-state index is 0.00116. The maximum atomic E-state index is 11.8. The maximum absolute atomic E-state index is 11.8. The van der Waals surface area contributed by atoms with Crippen LogP contribution in [0.25, 0.3) is 0 Å². The molecule has 0 spiro atoms. The van der Waals surface area contributed by atoms with Crippen LogP contribution in [-0.4, -0.2) is 77.3 Å². The lowest BCUT2D eigenvalue weighted by Gasteiger charge is -2.24. The first kappa shape index (κ1) is 33.1. The molecule has 0 aromatic carbocycles. The summed E-state index contributed by atoms with van der Waals surface area (Å²) < 4.78 is 17.3. The van der Waals surface area contributed by atoms with Crippen LogP contribution in [0.2, 0.25) is 0 Å². The fraction of sp³-hybridized carbons (Fsp3) is 0.964. The Bertz CT molecular complexity index is 454. The molecule has 6 heteroatoms. The van der Waals surface area contributed by atoms with Crippen molar-refractivity contribution in [2.24, 2.45) is 0 Å². The van der Waals surface area contributed by atoms with E-state index in [-0.39, 0.29) is 18.3 Å². The number of nitrogens with zero attached hydrogens (tertiary/aromatic N) is 1. The van der Waals surface area contributed by atoms with Crippen LogP contribution in [0.4, 0.5) is 4.79 Å². The molecule has 0 heterocycles. The number of methoxy groups -OCH3 is 1. The molecule has 204 valence electrons. The summed E-state index contributed by atoms with van der Waals surface area (Å²) in [6, 6.07) is 0. The third kappa shape index (κ3) is 24.3. The smallest absolute Gasteiger partial charge is 0.407 e. The summed E-state index contributed by atoms with van der Waals surface area (Å²) in [5.74, 6) is 0. The van der Waals surface area contributed by atoms with Gasteiger partial charge in [-0.25, -0.2) is 4.79 Å². The number of alkyl carbamates (subject to hydrolysis) is 1. The van der Waals surface area contributed by atoms with Gasteiger partial charge in [0.2, 0.25) is 0 Å². The number of ether oxygens (including phenoxy) is 3. The Morgan fingerprint density at radius 1 is 0.794 bits per heavy atom. The summed E-state index contributed by atoms with van der Waals surface area (Å²) in [6.07, 6.45) is 19.6. The van der Waals surface area contributed by atoms with Crippen molar-refractivity contribution in [2.75, 3.05) is 54.6 Å². The Morgan fingerprint density at radius 2 is 1.29 bits per heavy atom. The normalized spacial score (nSPS) is 13.6. The highest BCUT2D eigenvalue weighted by molar-refractivity contribution is 5.67. The lowest BCUT2D eigenvalue weighted by Crippen LogP contribution is -2.40. The van der Waals surface area contributed by atoms with E-state index in [2.05, 4.69) is 33.4 Å². The van der Waals surface area contributed by atoms with Crippen LogP contribution in [0.1, 0.15) is 110 Å². The number of carbonyl (C=O) groups is 1. The van der Waals surface area contributed by atoms with Crippen molar-refractivity contribution in [3.05, 3.63) is 0 Å². The molecule has 0 aliphatic rings. The zero-order chi connectivity index (χ0) is 25.5. The number of nitrogens with one attached hydrogen (secondary N) is 1. The molecule has 0 saturated carbocycles. The number of carbonyl (C=O) groups excluding carboxylic acids is 1. The highest BCUT2D eigenvalue weighted by Crippen LogP contribution is 2.15. The summed E-state index contributed by atoms with van der Waals surface area (Å²) in [6.45, 7) is 6.84. The summed E-state index contributed by atoms with van der Waals surface area (Å²) in [4.78, 5) is 11.8. The molecule has 0 aromatic rings. The molecule has 0 saturated heterocycles. The Hall–Kier alpha value is -0.850. The van der Waals surface area contributed by atoms with Gasteiger partial charge in [0.05, 0.1) is 33.4 Å². The molecule has 2 atom stereocenters. The predicted octanol–water partition coefficient (Wildman–Crippen LogP) is 6.71. The van der Waals surface area contributed by atoms with Gasteiger partial charge >= 0.3 is 6.09 Å². The van der Waals surface area contributed by atoms with Crippen molar-refractivity contribution in [3.63, 3.8) is 0 Å². The monoisotopic (exact) mass is 487 g/mol. The second kappa shape index (κ2) is 22.6. The predicted molar refractivity (Wildman–Crippen MR) is 143 cm³/mol. The molecule has 2 unspecified atom stereocenters. The van der Waals surface area contributed by atoms with E-state index < -0.39 is 0 Å². The largest absolute Gasteiger partial charge is 0.444 e. The first-order valence-corrected chi connectivity index (χ1v) is 14.1. The van der Waals surface area contributed by atoms with Crippen molar-refractivity contribution < 1.29 is 23.5 Å². The quantitative estimate of drug-likeness (QED) is 0.121. The minimum atomic E-state index is -0.352. The van der Waals surface area contributed by atoms with Gasteiger partial charge in [0.1, 0.15) is 13.2 Å². The van der Waals surface area contributed by atoms with Crippen molar-refractivity contribution in [2.45, 2.75) is 122 Å². The molecule has 0 aromatic heterocycles. The number of unbranched alkanes of at least 4 members (excludes halogenated alkanes) is 12. The third-order valence-corrected chi connectivity index (χ3v) is 6.28. The van der Waals surface area contributed by atoms with Crippen LogP contribution >= 0.6 is 0 Å². The van der Waals surface area contributed by atoms with Crippen LogP contribution in [0.5, 0.6) is 0 Å². The van der Waals surface area contributed by atoms with Gasteiger partial charge in [0.25, 0.3) is 0 Å². The first-order chi connectivity index (χ1) is 16.3. The Balaban J connectivity index is 3.56. The third-order valence-electron chi connectivity index (χ3n) is 6.28. The Morgan fingerprint density at radius 3 is 1.76 bits per heavy atom. The lowest BCUT2D eigenvalue weighted by molar-refractivity contribution is -0.870. The average Bonchev–Trinajstić information content (AvgIpc) is 2.78. The van der Waals surface area contributed by atoms with E-state index in [1.54, 1.807) is 7.11 Å². The van der Waals surface area contributed by atoms with Crippen molar-refractivity contribution in [1.82, 2.24) is 5.32 Å². The SMILES string of the molecule is CCC(CCCCCCCCCCCCCCCOC)OC(C)CNC(=O)OCC[N+](C)(C)C. The number of quaternary nitrogens is 1. The molecule has 34 heavy (non-hydrogen) atoms. The fourth-order valence-corrected chi connectivity index (χ4v) is 4.00. The standard InChI is InChI=1S/C28H58N2O4/c1-7-27(34-26(2)25-29-28(31)33-24-22-30(3,4)5)21-19-17-15-13-11-9-8-10-12-14-16-18-20-23-32-6/h26-27H,7-25H2,1-6H3/p+1. The molecular formula is C28H59N2O4+. The molecule has 1 amide bonds. The molecular weight excluding hydrogens is 428 g/mol. The van der Waals surface area contributed by atoms with Crippen LogP contribution in [0.15, 0.2) is 0 Å². The number of likely N-dealkylation sites (N-methyl/N-ethyl adjacent to an activating group) is 1. The molecule has 0 aliphatic carbocycles. The highest BCUT2D eigenvalue weighted by atomic mass is 16.5. The van der Waals surface area contributed by atoms with Crippen molar-refractivity contribution >= 4 is 6.09 Å². The zero-order valence-corrected chi connectivity index (χ0v) is 23.7. The molecule has 0 radical (unpaired) electrons. The van der Waals surface area contributed by atoms with Crippen LogP contribution < -0.4 is 5.32 Å². The van der Waals surface area contributed by atoms with E-state index in [0.29, 0.717) is 13.2 Å². The van der Waals surface area contributed by atoms with Gasteiger partial charge in [-0.15, -0.1) is 0 Å². The van der Waals surface area contributed by atoms with Gasteiger partial charge < -0.3 is 24.0 Å². The lowest BCUT2D eigenvalue weighted by atomic mass is 10.0. The van der Waals surface area contributed by atoms with Gasteiger partial charge in [-0.05, 0) is 26.2 Å². The summed E-state index contributed by atoms with van der Waals surface area (Å²) >= 11 is 0. The maximum Gasteiger partial charge on any atom is 0.407 e. The summed E-state index contributed by atoms with van der Waals surface area (Å²) in [7, 11) is 8.03. The number of hydrogen-bond donors (Lipinski definition) is 1. The zero-order valence-electron chi connectivity index (χ0n) is 23.7. The van der Waals surface area contributed by atoms with E-state index in [9.17, 15) is 4.79 Å². The minimum Gasteiger partial charge on any atom is -0.444 e. The molecule has 6 nitrogen and oxygen atoms in total. The topological polar surface area (TPSA) is 56.8 Å². The van der Waals surface area contributed by atoms with Gasteiger partial charge in [-0.3, -0.25) is 0 Å². The first-order valence-electron chi connectivity index (χ1n) is 14.1. The molecule has 0 rings (SSSR count). The van der Waals surface area contributed by atoms with Crippen molar-refractivity contribution in [1.29, 1.82) is 0 Å². The van der Waals surface area contributed by atoms with E-state index in [1.807, 2.05) is 6.92 Å². The van der Waals surface area contributed by atoms with E-state index >= 15 is 0 Å². The second-order valence-corrected chi connectivity index (χ2v) is 10.9. The van der Waals surface area contributed by atoms with E-state index in [1.165, 1.54) is 83.5 Å².